The highest BCUT2D eigenvalue weighted by Crippen LogP contribution is 2.19. The zero-order chi connectivity index (χ0) is 13.7. The Labute approximate surface area is 111 Å². The van der Waals surface area contributed by atoms with Crippen molar-refractivity contribution in [2.75, 3.05) is 30.9 Å². The van der Waals surface area contributed by atoms with Crippen molar-refractivity contribution >= 4 is 11.6 Å². The molecule has 102 valence electrons. The van der Waals surface area contributed by atoms with Gasteiger partial charge in [-0.15, -0.1) is 0 Å². The lowest BCUT2D eigenvalue weighted by molar-refractivity contribution is 0.583. The molecule has 0 saturated carbocycles. The number of hydrogen-bond acceptors (Lipinski definition) is 4. The maximum Gasteiger partial charge on any atom is 0.135 e. The molecular weight excluding hydrogens is 224 g/mol. The Hall–Kier alpha value is -1.32. The van der Waals surface area contributed by atoms with E-state index >= 15 is 0 Å². The second-order valence-corrected chi connectivity index (χ2v) is 5.48. The summed E-state index contributed by atoms with van der Waals surface area (Å²) in [6.45, 7) is 9.74. The molecule has 0 spiro atoms. The summed E-state index contributed by atoms with van der Waals surface area (Å²) >= 11 is 0. The van der Waals surface area contributed by atoms with Crippen LogP contribution in [-0.4, -0.2) is 30.6 Å². The molecule has 1 N–H and O–H groups in total. The van der Waals surface area contributed by atoms with Gasteiger partial charge in [-0.3, -0.25) is 0 Å². The first-order valence-electron chi connectivity index (χ1n) is 6.72. The lowest BCUT2D eigenvalue weighted by Crippen LogP contribution is -2.22. The minimum Gasteiger partial charge on any atom is -0.373 e. The fraction of sp³-hybridized carbons (Fsp3) is 0.714. The van der Waals surface area contributed by atoms with Crippen molar-refractivity contribution in [3.8, 4) is 0 Å². The molecule has 0 amide bonds. The maximum atomic E-state index is 4.63. The topological polar surface area (TPSA) is 41.0 Å². The maximum absolute atomic E-state index is 4.63. The fourth-order valence-corrected chi connectivity index (χ4v) is 1.60. The van der Waals surface area contributed by atoms with Crippen LogP contribution in [0.2, 0.25) is 0 Å². The standard InChI is InChI=1S/C14H26N4/c1-10(2)7-8-18(6)13-9-12(15-5)16-14(17-13)11(3)4/h9-11H,7-8H2,1-6H3,(H,15,16,17). The van der Waals surface area contributed by atoms with Gasteiger partial charge in [-0.25, -0.2) is 9.97 Å². The highest BCUT2D eigenvalue weighted by atomic mass is 15.2. The summed E-state index contributed by atoms with van der Waals surface area (Å²) in [6, 6.07) is 2.01. The van der Waals surface area contributed by atoms with Gasteiger partial charge in [-0.2, -0.15) is 0 Å². The molecule has 0 aromatic carbocycles. The summed E-state index contributed by atoms with van der Waals surface area (Å²) in [7, 11) is 3.98. The molecule has 0 aliphatic rings. The zero-order valence-corrected chi connectivity index (χ0v) is 12.5. The van der Waals surface area contributed by atoms with Gasteiger partial charge in [0.15, 0.2) is 0 Å². The molecular formula is C14H26N4. The van der Waals surface area contributed by atoms with Crippen LogP contribution in [0.3, 0.4) is 0 Å². The van der Waals surface area contributed by atoms with Crippen LogP contribution < -0.4 is 10.2 Å². The summed E-state index contributed by atoms with van der Waals surface area (Å²) in [5.41, 5.74) is 0. The quantitative estimate of drug-likeness (QED) is 0.842. The SMILES string of the molecule is CNc1cc(N(C)CCC(C)C)nc(C(C)C)n1. The van der Waals surface area contributed by atoms with Crippen molar-refractivity contribution in [1.82, 2.24) is 9.97 Å². The van der Waals surface area contributed by atoms with Crippen LogP contribution in [0.5, 0.6) is 0 Å². The third-order valence-electron chi connectivity index (χ3n) is 2.94. The molecule has 0 bridgehead atoms. The summed E-state index contributed by atoms with van der Waals surface area (Å²) in [5, 5.41) is 3.10. The van der Waals surface area contributed by atoms with E-state index in [1.807, 2.05) is 13.1 Å². The van der Waals surface area contributed by atoms with Gasteiger partial charge in [0.25, 0.3) is 0 Å². The minimum atomic E-state index is 0.343. The van der Waals surface area contributed by atoms with Gasteiger partial charge in [-0.1, -0.05) is 27.7 Å². The van der Waals surface area contributed by atoms with Crippen LogP contribution in [0.25, 0.3) is 0 Å². The molecule has 0 aliphatic heterocycles. The first-order valence-corrected chi connectivity index (χ1v) is 6.72. The van der Waals surface area contributed by atoms with Crippen LogP contribution in [0.4, 0.5) is 11.6 Å². The van der Waals surface area contributed by atoms with E-state index in [9.17, 15) is 0 Å². The van der Waals surface area contributed by atoms with Crippen LogP contribution in [0.1, 0.15) is 45.9 Å². The third kappa shape index (κ3) is 4.17. The molecule has 0 aliphatic carbocycles. The van der Waals surface area contributed by atoms with Crippen molar-refractivity contribution < 1.29 is 0 Å². The van der Waals surface area contributed by atoms with Crippen molar-refractivity contribution in [1.29, 1.82) is 0 Å². The third-order valence-corrected chi connectivity index (χ3v) is 2.94. The molecule has 0 fully saturated rings. The van der Waals surface area contributed by atoms with Gasteiger partial charge in [0, 0.05) is 32.6 Å². The molecule has 0 atom stereocenters. The minimum absolute atomic E-state index is 0.343. The van der Waals surface area contributed by atoms with Gasteiger partial charge >= 0.3 is 0 Å². The van der Waals surface area contributed by atoms with Crippen LogP contribution >= 0.6 is 0 Å². The van der Waals surface area contributed by atoms with E-state index in [0.29, 0.717) is 11.8 Å². The Balaban J connectivity index is 2.89. The second kappa shape index (κ2) is 6.57. The van der Waals surface area contributed by atoms with E-state index in [1.54, 1.807) is 0 Å². The first kappa shape index (κ1) is 14.7. The van der Waals surface area contributed by atoms with E-state index in [4.69, 9.17) is 0 Å². The summed E-state index contributed by atoms with van der Waals surface area (Å²) in [6.07, 6.45) is 1.17. The van der Waals surface area contributed by atoms with E-state index in [-0.39, 0.29) is 0 Å². The van der Waals surface area contributed by atoms with Gasteiger partial charge in [-0.05, 0) is 12.3 Å². The van der Waals surface area contributed by atoms with E-state index in [0.717, 1.165) is 24.0 Å². The molecule has 4 nitrogen and oxygen atoms in total. The highest BCUT2D eigenvalue weighted by molar-refractivity contribution is 5.48. The first-order chi connectivity index (χ1) is 8.43. The van der Waals surface area contributed by atoms with E-state index in [1.165, 1.54) is 6.42 Å². The Morgan fingerprint density at radius 2 is 1.89 bits per heavy atom. The predicted octanol–water partition coefficient (Wildman–Crippen LogP) is 3.12. The predicted molar refractivity (Wildman–Crippen MR) is 78.4 cm³/mol. The van der Waals surface area contributed by atoms with Crippen molar-refractivity contribution in [2.45, 2.75) is 40.0 Å². The molecule has 1 rings (SSSR count). The Bertz CT molecular complexity index is 374. The van der Waals surface area contributed by atoms with Gasteiger partial charge in [0.05, 0.1) is 0 Å². The largest absolute Gasteiger partial charge is 0.373 e. The number of hydrogen-bond donors (Lipinski definition) is 1. The molecule has 0 radical (unpaired) electrons. The second-order valence-electron chi connectivity index (χ2n) is 5.48. The van der Waals surface area contributed by atoms with Crippen molar-refractivity contribution in [3.63, 3.8) is 0 Å². The number of aromatic nitrogens is 2. The Morgan fingerprint density at radius 1 is 1.22 bits per heavy atom. The number of nitrogens with one attached hydrogen (secondary N) is 1. The molecule has 0 saturated heterocycles. The van der Waals surface area contributed by atoms with E-state index in [2.05, 4.69) is 54.9 Å². The van der Waals surface area contributed by atoms with Crippen molar-refractivity contribution in [2.24, 2.45) is 5.92 Å². The fourth-order valence-electron chi connectivity index (χ4n) is 1.60. The number of rotatable bonds is 6. The highest BCUT2D eigenvalue weighted by Gasteiger charge is 2.10. The summed E-state index contributed by atoms with van der Waals surface area (Å²) < 4.78 is 0. The van der Waals surface area contributed by atoms with E-state index < -0.39 is 0 Å². The summed E-state index contributed by atoms with van der Waals surface area (Å²) in [5.74, 6) is 3.84. The van der Waals surface area contributed by atoms with Crippen molar-refractivity contribution in [3.05, 3.63) is 11.9 Å². The summed E-state index contributed by atoms with van der Waals surface area (Å²) in [4.78, 5) is 11.3. The lowest BCUT2D eigenvalue weighted by Gasteiger charge is -2.21. The Morgan fingerprint density at radius 3 is 2.39 bits per heavy atom. The average molecular weight is 250 g/mol. The van der Waals surface area contributed by atoms with Crippen LogP contribution in [0.15, 0.2) is 6.07 Å². The average Bonchev–Trinajstić information content (AvgIpc) is 2.35. The molecule has 1 aromatic heterocycles. The Kier molecular flexibility index (Phi) is 5.38. The van der Waals surface area contributed by atoms with Gasteiger partial charge in [0.2, 0.25) is 0 Å². The molecule has 1 heterocycles. The number of nitrogens with zero attached hydrogens (tertiary/aromatic N) is 3. The monoisotopic (exact) mass is 250 g/mol. The number of anilines is 2. The van der Waals surface area contributed by atoms with Gasteiger partial charge < -0.3 is 10.2 Å². The van der Waals surface area contributed by atoms with Crippen LogP contribution in [-0.2, 0) is 0 Å². The normalized spacial score (nSPS) is 11.1. The molecule has 4 heteroatoms. The van der Waals surface area contributed by atoms with Crippen LogP contribution in [0, 0.1) is 5.92 Å². The lowest BCUT2D eigenvalue weighted by atomic mass is 10.1. The molecule has 1 aromatic rings. The van der Waals surface area contributed by atoms with Gasteiger partial charge in [0.1, 0.15) is 17.5 Å². The zero-order valence-electron chi connectivity index (χ0n) is 12.5. The smallest absolute Gasteiger partial charge is 0.135 e. The molecule has 18 heavy (non-hydrogen) atoms. The molecule has 0 unspecified atom stereocenters.